The molecule has 1 aromatic rings. The fourth-order valence-corrected chi connectivity index (χ4v) is 2.54. The van der Waals surface area contributed by atoms with E-state index in [-0.39, 0.29) is 5.91 Å². The predicted molar refractivity (Wildman–Crippen MR) is 86.0 cm³/mol. The lowest BCUT2D eigenvalue weighted by Gasteiger charge is -2.28. The number of anilines is 2. The van der Waals surface area contributed by atoms with Crippen LogP contribution in [-0.2, 0) is 4.74 Å². The summed E-state index contributed by atoms with van der Waals surface area (Å²) < 4.78 is 5.13. The van der Waals surface area contributed by atoms with Crippen molar-refractivity contribution in [2.24, 2.45) is 5.92 Å². The van der Waals surface area contributed by atoms with Crippen LogP contribution in [0.2, 0.25) is 0 Å². The van der Waals surface area contributed by atoms with Crippen molar-refractivity contribution in [1.82, 2.24) is 4.90 Å². The molecule has 1 amide bonds. The summed E-state index contributed by atoms with van der Waals surface area (Å²) in [5, 5.41) is 6.66. The van der Waals surface area contributed by atoms with Gasteiger partial charge in [0.05, 0.1) is 23.5 Å². The third-order valence-corrected chi connectivity index (χ3v) is 3.48. The van der Waals surface area contributed by atoms with Gasteiger partial charge in [-0.3, -0.25) is 4.79 Å². The van der Waals surface area contributed by atoms with Gasteiger partial charge in [0.2, 0.25) is 0 Å². The van der Waals surface area contributed by atoms with Gasteiger partial charge in [-0.25, -0.2) is 0 Å². The first-order valence-corrected chi connectivity index (χ1v) is 7.52. The molecule has 0 atom stereocenters. The van der Waals surface area contributed by atoms with Crippen molar-refractivity contribution in [1.29, 1.82) is 0 Å². The zero-order valence-electron chi connectivity index (χ0n) is 13.1. The van der Waals surface area contributed by atoms with Crippen molar-refractivity contribution in [3.8, 4) is 0 Å². The molecule has 116 valence electrons. The first-order valence-electron chi connectivity index (χ1n) is 7.52. The molecular weight excluding hydrogens is 266 g/mol. The third kappa shape index (κ3) is 3.88. The Morgan fingerprint density at radius 1 is 1.33 bits per heavy atom. The summed E-state index contributed by atoms with van der Waals surface area (Å²) in [5.74, 6) is 0.491. The van der Waals surface area contributed by atoms with Crippen LogP contribution in [0.25, 0.3) is 0 Å². The molecule has 0 aromatic heterocycles. The molecule has 0 aliphatic carbocycles. The highest BCUT2D eigenvalue weighted by Gasteiger charge is 2.22. The second-order valence-electron chi connectivity index (χ2n) is 5.72. The van der Waals surface area contributed by atoms with Crippen LogP contribution in [0.15, 0.2) is 18.2 Å². The van der Waals surface area contributed by atoms with E-state index in [0.717, 1.165) is 36.6 Å². The van der Waals surface area contributed by atoms with Crippen LogP contribution < -0.4 is 10.6 Å². The molecule has 1 heterocycles. The lowest BCUT2D eigenvalue weighted by Crippen LogP contribution is -2.37. The van der Waals surface area contributed by atoms with Gasteiger partial charge in [0, 0.05) is 33.3 Å². The van der Waals surface area contributed by atoms with Crippen LogP contribution in [-0.4, -0.2) is 50.7 Å². The van der Waals surface area contributed by atoms with Gasteiger partial charge in [-0.05, 0) is 18.1 Å². The molecule has 0 fully saturated rings. The van der Waals surface area contributed by atoms with Crippen LogP contribution in [0.5, 0.6) is 0 Å². The van der Waals surface area contributed by atoms with Gasteiger partial charge < -0.3 is 20.3 Å². The Kier molecular flexibility index (Phi) is 5.44. The monoisotopic (exact) mass is 291 g/mol. The second-order valence-corrected chi connectivity index (χ2v) is 5.72. The third-order valence-electron chi connectivity index (χ3n) is 3.48. The minimum absolute atomic E-state index is 0.0637. The van der Waals surface area contributed by atoms with E-state index in [1.165, 1.54) is 0 Å². The normalized spacial score (nSPS) is 13.3. The fourth-order valence-electron chi connectivity index (χ4n) is 2.54. The number of carbonyl (C=O) groups is 1. The van der Waals surface area contributed by atoms with E-state index in [9.17, 15) is 4.79 Å². The molecule has 1 aliphatic rings. The lowest BCUT2D eigenvalue weighted by atomic mass is 10.1. The Labute approximate surface area is 126 Å². The quantitative estimate of drug-likeness (QED) is 0.844. The van der Waals surface area contributed by atoms with Crippen molar-refractivity contribution in [2.45, 2.75) is 13.8 Å². The molecule has 0 spiro atoms. The minimum atomic E-state index is 0.0637. The molecule has 0 radical (unpaired) electrons. The molecule has 5 nitrogen and oxygen atoms in total. The van der Waals surface area contributed by atoms with Gasteiger partial charge in [-0.1, -0.05) is 19.9 Å². The number of rotatable bonds is 6. The highest BCUT2D eigenvalue weighted by atomic mass is 16.5. The largest absolute Gasteiger partial charge is 0.383 e. The summed E-state index contributed by atoms with van der Waals surface area (Å²) in [5.41, 5.74) is 2.65. The Hall–Kier alpha value is -1.75. The molecular formula is C16H25N3O2. The number of hydrogen-bond acceptors (Lipinski definition) is 4. The molecule has 1 aliphatic heterocycles. The standard InChI is InChI=1S/C16H25N3O2/c1-12(2)11-19(9-10-21-3)16(20)13-5-4-6-14-15(13)18-8-7-17-14/h4-6,12,17-18H,7-11H2,1-3H3. The zero-order chi connectivity index (χ0) is 15.2. The van der Waals surface area contributed by atoms with E-state index in [0.29, 0.717) is 19.1 Å². The highest BCUT2D eigenvalue weighted by molar-refractivity contribution is 6.02. The average Bonchev–Trinajstić information content (AvgIpc) is 2.50. The summed E-state index contributed by atoms with van der Waals surface area (Å²) >= 11 is 0. The maximum absolute atomic E-state index is 12.9. The molecule has 0 saturated heterocycles. The molecule has 2 rings (SSSR count). The van der Waals surface area contributed by atoms with Crippen molar-refractivity contribution >= 4 is 17.3 Å². The first-order chi connectivity index (χ1) is 10.1. The van der Waals surface area contributed by atoms with Gasteiger partial charge in [-0.2, -0.15) is 0 Å². The topological polar surface area (TPSA) is 53.6 Å². The number of hydrogen-bond donors (Lipinski definition) is 2. The van der Waals surface area contributed by atoms with Crippen LogP contribution >= 0.6 is 0 Å². The van der Waals surface area contributed by atoms with E-state index in [1.807, 2.05) is 23.1 Å². The number of para-hydroxylation sites is 1. The summed E-state index contributed by atoms with van der Waals surface area (Å²) in [6, 6.07) is 5.82. The van der Waals surface area contributed by atoms with E-state index >= 15 is 0 Å². The van der Waals surface area contributed by atoms with Gasteiger partial charge in [-0.15, -0.1) is 0 Å². The van der Waals surface area contributed by atoms with Gasteiger partial charge >= 0.3 is 0 Å². The minimum Gasteiger partial charge on any atom is -0.383 e. The molecule has 5 heteroatoms. The SMILES string of the molecule is COCCN(CC(C)C)C(=O)c1cccc2c1NCCN2. The first kappa shape index (κ1) is 15.6. The Balaban J connectivity index is 2.23. The number of carbonyl (C=O) groups excluding carboxylic acids is 1. The summed E-state index contributed by atoms with van der Waals surface area (Å²) in [7, 11) is 1.66. The second kappa shape index (κ2) is 7.31. The lowest BCUT2D eigenvalue weighted by molar-refractivity contribution is 0.0673. The number of benzene rings is 1. The number of methoxy groups -OCH3 is 1. The number of amides is 1. The van der Waals surface area contributed by atoms with Crippen molar-refractivity contribution in [3.05, 3.63) is 23.8 Å². The van der Waals surface area contributed by atoms with Crippen molar-refractivity contribution < 1.29 is 9.53 Å². The Morgan fingerprint density at radius 2 is 2.10 bits per heavy atom. The molecule has 2 N–H and O–H groups in total. The van der Waals surface area contributed by atoms with Crippen molar-refractivity contribution in [2.75, 3.05) is 50.5 Å². The molecule has 0 saturated carbocycles. The van der Waals surface area contributed by atoms with Crippen LogP contribution in [0.3, 0.4) is 0 Å². The van der Waals surface area contributed by atoms with E-state index < -0.39 is 0 Å². The maximum Gasteiger partial charge on any atom is 0.256 e. The van der Waals surface area contributed by atoms with Gasteiger partial charge in [0.25, 0.3) is 5.91 Å². The van der Waals surface area contributed by atoms with E-state index in [1.54, 1.807) is 7.11 Å². The fraction of sp³-hybridized carbons (Fsp3) is 0.562. The zero-order valence-corrected chi connectivity index (χ0v) is 13.1. The maximum atomic E-state index is 12.9. The number of nitrogens with one attached hydrogen (secondary N) is 2. The number of nitrogens with zero attached hydrogens (tertiary/aromatic N) is 1. The van der Waals surface area contributed by atoms with E-state index in [2.05, 4.69) is 24.5 Å². The van der Waals surface area contributed by atoms with Crippen LogP contribution in [0.1, 0.15) is 24.2 Å². The highest BCUT2D eigenvalue weighted by Crippen LogP contribution is 2.29. The predicted octanol–water partition coefficient (Wildman–Crippen LogP) is 2.27. The van der Waals surface area contributed by atoms with E-state index in [4.69, 9.17) is 4.74 Å². The van der Waals surface area contributed by atoms with Crippen LogP contribution in [0.4, 0.5) is 11.4 Å². The molecule has 0 unspecified atom stereocenters. The van der Waals surface area contributed by atoms with Crippen molar-refractivity contribution in [3.63, 3.8) is 0 Å². The Morgan fingerprint density at radius 3 is 2.81 bits per heavy atom. The summed E-state index contributed by atoms with van der Waals surface area (Å²) in [4.78, 5) is 14.7. The van der Waals surface area contributed by atoms with Gasteiger partial charge in [0.15, 0.2) is 0 Å². The summed E-state index contributed by atoms with van der Waals surface area (Å²) in [6.45, 7) is 7.85. The number of ether oxygens (including phenoxy) is 1. The average molecular weight is 291 g/mol. The smallest absolute Gasteiger partial charge is 0.256 e. The summed E-state index contributed by atoms with van der Waals surface area (Å²) in [6.07, 6.45) is 0. The molecule has 21 heavy (non-hydrogen) atoms. The van der Waals surface area contributed by atoms with Gasteiger partial charge in [0.1, 0.15) is 0 Å². The Bertz CT molecular complexity index is 488. The molecule has 0 bridgehead atoms. The number of fused-ring (bicyclic) bond motifs is 1. The molecule has 1 aromatic carbocycles. The van der Waals surface area contributed by atoms with Crippen LogP contribution in [0, 0.1) is 5.92 Å².